The van der Waals surface area contributed by atoms with Gasteiger partial charge in [-0.25, -0.2) is 0 Å². The van der Waals surface area contributed by atoms with Gasteiger partial charge in [0.25, 0.3) is 5.69 Å². The van der Waals surface area contributed by atoms with Crippen LogP contribution in [0.25, 0.3) is 0 Å². The summed E-state index contributed by atoms with van der Waals surface area (Å²) in [6.45, 7) is 6.08. The standard InChI is InChI=1S/C13H19ClN2O3/c1-10(2)15(6-7-19-3)9-11-8-12(16(17)18)4-5-13(11)14/h4-5,8,10H,6-7,9H2,1-3H3. The summed E-state index contributed by atoms with van der Waals surface area (Å²) in [5.41, 5.74) is 0.829. The molecular weight excluding hydrogens is 268 g/mol. The second kappa shape index (κ2) is 7.43. The summed E-state index contributed by atoms with van der Waals surface area (Å²) >= 11 is 6.10. The highest BCUT2D eigenvalue weighted by atomic mass is 35.5. The van der Waals surface area contributed by atoms with Gasteiger partial charge in [0.15, 0.2) is 0 Å². The van der Waals surface area contributed by atoms with Crippen molar-refractivity contribution in [3.8, 4) is 0 Å². The quantitative estimate of drug-likeness (QED) is 0.571. The summed E-state index contributed by atoms with van der Waals surface area (Å²) in [5, 5.41) is 11.3. The highest BCUT2D eigenvalue weighted by Gasteiger charge is 2.15. The van der Waals surface area contributed by atoms with Gasteiger partial charge in [0, 0.05) is 43.4 Å². The molecule has 5 nitrogen and oxygen atoms in total. The number of methoxy groups -OCH3 is 1. The van der Waals surface area contributed by atoms with Crippen molar-refractivity contribution in [3.63, 3.8) is 0 Å². The molecule has 19 heavy (non-hydrogen) atoms. The van der Waals surface area contributed by atoms with Gasteiger partial charge in [0.1, 0.15) is 0 Å². The van der Waals surface area contributed by atoms with E-state index in [1.807, 2.05) is 0 Å². The third-order valence-electron chi connectivity index (χ3n) is 2.93. The molecule has 0 bridgehead atoms. The van der Waals surface area contributed by atoms with Gasteiger partial charge in [0.2, 0.25) is 0 Å². The van der Waals surface area contributed by atoms with Gasteiger partial charge in [-0.1, -0.05) is 11.6 Å². The molecule has 0 fully saturated rings. The van der Waals surface area contributed by atoms with E-state index in [0.717, 1.165) is 12.1 Å². The third-order valence-corrected chi connectivity index (χ3v) is 3.30. The first-order chi connectivity index (χ1) is 8.95. The largest absolute Gasteiger partial charge is 0.383 e. The second-order valence-electron chi connectivity index (χ2n) is 4.59. The number of halogens is 1. The summed E-state index contributed by atoms with van der Waals surface area (Å²) in [4.78, 5) is 12.5. The zero-order chi connectivity index (χ0) is 14.4. The van der Waals surface area contributed by atoms with Gasteiger partial charge in [0.05, 0.1) is 11.5 Å². The van der Waals surface area contributed by atoms with E-state index in [9.17, 15) is 10.1 Å². The monoisotopic (exact) mass is 286 g/mol. The fourth-order valence-corrected chi connectivity index (χ4v) is 1.92. The molecule has 6 heteroatoms. The van der Waals surface area contributed by atoms with Crippen molar-refractivity contribution in [1.29, 1.82) is 0 Å². The molecule has 0 N–H and O–H groups in total. The van der Waals surface area contributed by atoms with Crippen LogP contribution in [0.5, 0.6) is 0 Å². The van der Waals surface area contributed by atoms with Gasteiger partial charge in [-0.15, -0.1) is 0 Å². The Kier molecular flexibility index (Phi) is 6.21. The normalized spacial score (nSPS) is 11.3. The molecule has 106 valence electrons. The molecule has 1 rings (SSSR count). The van der Waals surface area contributed by atoms with E-state index in [-0.39, 0.29) is 5.69 Å². The lowest BCUT2D eigenvalue weighted by molar-refractivity contribution is -0.384. The third kappa shape index (κ3) is 4.78. The van der Waals surface area contributed by atoms with Crippen LogP contribution in [-0.4, -0.2) is 36.1 Å². The van der Waals surface area contributed by atoms with Crippen LogP contribution in [0.15, 0.2) is 18.2 Å². The van der Waals surface area contributed by atoms with E-state index in [1.165, 1.54) is 12.1 Å². The lowest BCUT2D eigenvalue weighted by atomic mass is 10.1. The maximum atomic E-state index is 10.8. The van der Waals surface area contributed by atoms with Crippen molar-refractivity contribution >= 4 is 17.3 Å². The Hall–Kier alpha value is -1.17. The lowest BCUT2D eigenvalue weighted by Crippen LogP contribution is -2.33. The number of nitro groups is 1. The SMILES string of the molecule is COCCN(Cc1cc([N+](=O)[O-])ccc1Cl)C(C)C. The molecule has 0 saturated carbocycles. The zero-order valence-electron chi connectivity index (χ0n) is 11.4. The van der Waals surface area contributed by atoms with Crippen molar-refractivity contribution in [2.75, 3.05) is 20.3 Å². The van der Waals surface area contributed by atoms with Crippen molar-refractivity contribution < 1.29 is 9.66 Å². The fraction of sp³-hybridized carbons (Fsp3) is 0.538. The number of nitrogens with zero attached hydrogens (tertiary/aromatic N) is 2. The minimum atomic E-state index is -0.408. The van der Waals surface area contributed by atoms with Crippen molar-refractivity contribution in [3.05, 3.63) is 38.9 Å². The smallest absolute Gasteiger partial charge is 0.269 e. The number of nitro benzene ring substituents is 1. The average molecular weight is 287 g/mol. The Balaban J connectivity index is 2.88. The molecule has 0 aliphatic carbocycles. The van der Waals surface area contributed by atoms with Gasteiger partial charge < -0.3 is 4.74 Å². The molecule has 1 aromatic carbocycles. The van der Waals surface area contributed by atoms with E-state index in [1.54, 1.807) is 13.2 Å². The Morgan fingerprint density at radius 1 is 1.47 bits per heavy atom. The number of ether oxygens (including phenoxy) is 1. The number of rotatable bonds is 7. The van der Waals surface area contributed by atoms with Crippen LogP contribution in [0, 0.1) is 10.1 Å². The summed E-state index contributed by atoms with van der Waals surface area (Å²) in [7, 11) is 1.65. The first kappa shape index (κ1) is 15.9. The van der Waals surface area contributed by atoms with E-state index in [0.29, 0.717) is 24.2 Å². The molecule has 0 spiro atoms. The van der Waals surface area contributed by atoms with Gasteiger partial charge in [-0.2, -0.15) is 0 Å². The number of hydrogen-bond donors (Lipinski definition) is 0. The maximum Gasteiger partial charge on any atom is 0.269 e. The summed E-state index contributed by atoms with van der Waals surface area (Å²) in [6.07, 6.45) is 0. The molecule has 0 amide bonds. The van der Waals surface area contributed by atoms with Crippen LogP contribution in [0.1, 0.15) is 19.4 Å². The first-order valence-electron chi connectivity index (χ1n) is 6.11. The molecule has 0 aliphatic heterocycles. The van der Waals surface area contributed by atoms with Gasteiger partial charge in [-0.3, -0.25) is 15.0 Å². The van der Waals surface area contributed by atoms with Crippen LogP contribution in [0.4, 0.5) is 5.69 Å². The molecular formula is C13H19ClN2O3. The highest BCUT2D eigenvalue weighted by molar-refractivity contribution is 6.31. The first-order valence-corrected chi connectivity index (χ1v) is 6.49. The summed E-state index contributed by atoms with van der Waals surface area (Å²) in [5.74, 6) is 0. The van der Waals surface area contributed by atoms with Crippen LogP contribution >= 0.6 is 11.6 Å². The zero-order valence-corrected chi connectivity index (χ0v) is 12.2. The molecule has 0 saturated heterocycles. The van der Waals surface area contributed by atoms with E-state index in [2.05, 4.69) is 18.7 Å². The summed E-state index contributed by atoms with van der Waals surface area (Å²) < 4.78 is 5.07. The van der Waals surface area contributed by atoms with E-state index < -0.39 is 4.92 Å². The van der Waals surface area contributed by atoms with Gasteiger partial charge >= 0.3 is 0 Å². The molecule has 0 atom stereocenters. The number of benzene rings is 1. The Morgan fingerprint density at radius 3 is 2.68 bits per heavy atom. The molecule has 0 unspecified atom stereocenters. The Labute approximate surface area is 118 Å². The second-order valence-corrected chi connectivity index (χ2v) is 5.00. The molecule has 0 aromatic heterocycles. The van der Waals surface area contributed by atoms with Gasteiger partial charge in [-0.05, 0) is 25.5 Å². The lowest BCUT2D eigenvalue weighted by Gasteiger charge is -2.26. The topological polar surface area (TPSA) is 55.6 Å². The van der Waals surface area contributed by atoms with Crippen molar-refractivity contribution in [2.24, 2.45) is 0 Å². The van der Waals surface area contributed by atoms with E-state index in [4.69, 9.17) is 16.3 Å². The molecule has 0 aliphatic rings. The summed E-state index contributed by atoms with van der Waals surface area (Å²) in [6, 6.07) is 4.83. The number of hydrogen-bond acceptors (Lipinski definition) is 4. The fourth-order valence-electron chi connectivity index (χ4n) is 1.74. The van der Waals surface area contributed by atoms with Crippen LogP contribution in [0.3, 0.4) is 0 Å². The molecule has 1 aromatic rings. The number of non-ortho nitro benzene ring substituents is 1. The van der Waals surface area contributed by atoms with Crippen LogP contribution in [0.2, 0.25) is 5.02 Å². The van der Waals surface area contributed by atoms with Crippen molar-refractivity contribution in [2.45, 2.75) is 26.4 Å². The Bertz CT molecular complexity index is 438. The molecule has 0 radical (unpaired) electrons. The average Bonchev–Trinajstić information content (AvgIpc) is 2.35. The minimum absolute atomic E-state index is 0.0647. The molecule has 0 heterocycles. The minimum Gasteiger partial charge on any atom is -0.383 e. The predicted molar refractivity (Wildman–Crippen MR) is 75.5 cm³/mol. The van der Waals surface area contributed by atoms with Crippen LogP contribution < -0.4 is 0 Å². The highest BCUT2D eigenvalue weighted by Crippen LogP contribution is 2.23. The predicted octanol–water partition coefficient (Wildman–Crippen LogP) is 3.11. The van der Waals surface area contributed by atoms with Crippen LogP contribution in [-0.2, 0) is 11.3 Å². The maximum absolute atomic E-state index is 10.8. The Morgan fingerprint density at radius 2 is 2.16 bits per heavy atom. The van der Waals surface area contributed by atoms with Crippen molar-refractivity contribution in [1.82, 2.24) is 4.90 Å². The van der Waals surface area contributed by atoms with E-state index >= 15 is 0 Å².